The summed E-state index contributed by atoms with van der Waals surface area (Å²) in [6.07, 6.45) is 0.763. The van der Waals surface area contributed by atoms with Gasteiger partial charge in [0.15, 0.2) is 5.82 Å². The maximum absolute atomic E-state index is 8.69. The number of aryl methyl sites for hydroxylation is 1. The fourth-order valence-electron chi connectivity index (χ4n) is 1.38. The first-order valence-corrected chi connectivity index (χ1v) is 6.51. The zero-order valence-electron chi connectivity index (χ0n) is 9.68. The van der Waals surface area contributed by atoms with E-state index < -0.39 is 0 Å². The van der Waals surface area contributed by atoms with Crippen LogP contribution in [-0.2, 0) is 0 Å². The van der Waals surface area contributed by atoms with Crippen molar-refractivity contribution in [3.05, 3.63) is 29.8 Å². The molecule has 2 aromatic rings. The summed E-state index contributed by atoms with van der Waals surface area (Å²) in [4.78, 5) is 4.40. The highest BCUT2D eigenvalue weighted by Gasteiger charge is 2.05. The standard InChI is InChI=1S/C12H15N3OS/c1-9-3-5-10(6-4-9)11-13-12(15-14-11)17-8-2-7-16/h3-6,16H,2,7-8H2,1H3,(H,13,14,15). The van der Waals surface area contributed by atoms with E-state index in [2.05, 4.69) is 34.2 Å². The van der Waals surface area contributed by atoms with Gasteiger partial charge in [0.2, 0.25) is 5.16 Å². The lowest BCUT2D eigenvalue weighted by atomic mass is 10.1. The Bertz CT molecular complexity index is 467. The highest BCUT2D eigenvalue weighted by Crippen LogP contribution is 2.19. The van der Waals surface area contributed by atoms with Crippen LogP contribution in [0.25, 0.3) is 11.4 Å². The molecule has 0 bridgehead atoms. The predicted octanol–water partition coefficient (Wildman–Crippen LogP) is 2.25. The Kier molecular flexibility index (Phi) is 4.17. The van der Waals surface area contributed by atoms with E-state index in [-0.39, 0.29) is 6.61 Å². The summed E-state index contributed by atoms with van der Waals surface area (Å²) in [5.41, 5.74) is 2.27. The Morgan fingerprint density at radius 1 is 1.29 bits per heavy atom. The monoisotopic (exact) mass is 249 g/mol. The van der Waals surface area contributed by atoms with Gasteiger partial charge in [-0.3, -0.25) is 5.10 Å². The molecule has 5 heteroatoms. The average molecular weight is 249 g/mol. The van der Waals surface area contributed by atoms with E-state index in [0.29, 0.717) is 0 Å². The topological polar surface area (TPSA) is 61.8 Å². The van der Waals surface area contributed by atoms with E-state index in [0.717, 1.165) is 28.7 Å². The maximum Gasteiger partial charge on any atom is 0.208 e. The van der Waals surface area contributed by atoms with Crippen LogP contribution in [0.15, 0.2) is 29.4 Å². The van der Waals surface area contributed by atoms with Crippen LogP contribution in [-0.4, -0.2) is 32.6 Å². The third-order valence-corrected chi connectivity index (χ3v) is 3.26. The Balaban J connectivity index is 2.04. The number of aromatic amines is 1. The normalized spacial score (nSPS) is 10.7. The number of nitrogens with zero attached hydrogens (tertiary/aromatic N) is 2. The SMILES string of the molecule is Cc1ccc(-c2nc(SCCCO)n[nH]2)cc1. The second-order valence-corrected chi connectivity index (χ2v) is 4.82. The Morgan fingerprint density at radius 2 is 2.06 bits per heavy atom. The minimum Gasteiger partial charge on any atom is -0.396 e. The van der Waals surface area contributed by atoms with Crippen LogP contribution in [0.2, 0.25) is 0 Å². The average Bonchev–Trinajstić information content (AvgIpc) is 2.79. The molecule has 17 heavy (non-hydrogen) atoms. The highest BCUT2D eigenvalue weighted by atomic mass is 32.2. The van der Waals surface area contributed by atoms with Crippen LogP contribution in [0.4, 0.5) is 0 Å². The van der Waals surface area contributed by atoms with Crippen molar-refractivity contribution in [3.63, 3.8) is 0 Å². The molecule has 0 amide bonds. The number of H-pyrrole nitrogens is 1. The molecule has 1 aromatic heterocycles. The molecule has 0 radical (unpaired) electrons. The first-order chi connectivity index (χ1) is 8.29. The summed E-state index contributed by atoms with van der Waals surface area (Å²) in [5.74, 6) is 1.62. The summed E-state index contributed by atoms with van der Waals surface area (Å²) >= 11 is 1.55. The molecule has 2 rings (SSSR count). The van der Waals surface area contributed by atoms with Gasteiger partial charge in [-0.15, -0.1) is 5.10 Å². The van der Waals surface area contributed by atoms with E-state index in [1.54, 1.807) is 11.8 Å². The van der Waals surface area contributed by atoms with Gasteiger partial charge in [-0.05, 0) is 13.3 Å². The van der Waals surface area contributed by atoms with E-state index in [9.17, 15) is 0 Å². The van der Waals surface area contributed by atoms with Crippen molar-refractivity contribution in [2.24, 2.45) is 0 Å². The fraction of sp³-hybridized carbons (Fsp3) is 0.333. The minimum atomic E-state index is 0.211. The van der Waals surface area contributed by atoms with Gasteiger partial charge in [-0.2, -0.15) is 0 Å². The summed E-state index contributed by atoms with van der Waals surface area (Å²) in [6.45, 7) is 2.27. The van der Waals surface area contributed by atoms with Crippen LogP contribution < -0.4 is 0 Å². The van der Waals surface area contributed by atoms with Crippen molar-refractivity contribution < 1.29 is 5.11 Å². The third-order valence-electron chi connectivity index (χ3n) is 2.32. The number of aromatic nitrogens is 3. The first-order valence-electron chi connectivity index (χ1n) is 5.52. The van der Waals surface area contributed by atoms with Crippen molar-refractivity contribution in [2.45, 2.75) is 18.5 Å². The number of thioether (sulfide) groups is 1. The summed E-state index contributed by atoms with van der Waals surface area (Å²) in [7, 11) is 0. The van der Waals surface area contributed by atoms with Crippen molar-refractivity contribution in [3.8, 4) is 11.4 Å². The van der Waals surface area contributed by atoms with Gasteiger partial charge >= 0.3 is 0 Å². The molecule has 0 spiro atoms. The highest BCUT2D eigenvalue weighted by molar-refractivity contribution is 7.99. The Morgan fingerprint density at radius 3 is 2.76 bits per heavy atom. The number of aliphatic hydroxyl groups excluding tert-OH is 1. The van der Waals surface area contributed by atoms with Gasteiger partial charge in [0.25, 0.3) is 0 Å². The molecule has 0 saturated carbocycles. The molecule has 0 aliphatic carbocycles. The van der Waals surface area contributed by atoms with Gasteiger partial charge in [0, 0.05) is 17.9 Å². The molecular weight excluding hydrogens is 234 g/mol. The molecule has 1 heterocycles. The van der Waals surface area contributed by atoms with Gasteiger partial charge in [-0.1, -0.05) is 41.6 Å². The lowest BCUT2D eigenvalue weighted by Crippen LogP contribution is -1.86. The van der Waals surface area contributed by atoms with E-state index in [4.69, 9.17) is 5.11 Å². The molecule has 2 N–H and O–H groups in total. The first kappa shape index (κ1) is 12.1. The van der Waals surface area contributed by atoms with Crippen LogP contribution in [0.1, 0.15) is 12.0 Å². The van der Waals surface area contributed by atoms with Gasteiger partial charge < -0.3 is 5.11 Å². The quantitative estimate of drug-likeness (QED) is 0.630. The third kappa shape index (κ3) is 3.31. The largest absolute Gasteiger partial charge is 0.396 e. The Hall–Kier alpha value is -1.33. The molecular formula is C12H15N3OS. The molecule has 0 aliphatic rings. The Labute approximate surface area is 104 Å². The zero-order chi connectivity index (χ0) is 12.1. The summed E-state index contributed by atoms with van der Waals surface area (Å²) in [6, 6.07) is 8.16. The summed E-state index contributed by atoms with van der Waals surface area (Å²) < 4.78 is 0. The number of rotatable bonds is 5. The van der Waals surface area contributed by atoms with E-state index in [1.165, 1.54) is 5.56 Å². The van der Waals surface area contributed by atoms with Gasteiger partial charge in [0.1, 0.15) is 0 Å². The second kappa shape index (κ2) is 5.84. The fourth-order valence-corrected chi connectivity index (χ4v) is 2.10. The molecule has 0 fully saturated rings. The maximum atomic E-state index is 8.69. The summed E-state index contributed by atoms with van der Waals surface area (Å²) in [5, 5.41) is 16.5. The zero-order valence-corrected chi connectivity index (χ0v) is 10.5. The van der Waals surface area contributed by atoms with E-state index >= 15 is 0 Å². The van der Waals surface area contributed by atoms with Crippen molar-refractivity contribution >= 4 is 11.8 Å². The number of nitrogens with one attached hydrogen (secondary N) is 1. The smallest absolute Gasteiger partial charge is 0.208 e. The van der Waals surface area contributed by atoms with Crippen LogP contribution in [0, 0.1) is 6.92 Å². The van der Waals surface area contributed by atoms with Gasteiger partial charge in [-0.25, -0.2) is 4.98 Å². The molecule has 1 aromatic carbocycles. The lowest BCUT2D eigenvalue weighted by molar-refractivity contribution is 0.296. The van der Waals surface area contributed by atoms with Crippen molar-refractivity contribution in [1.82, 2.24) is 15.2 Å². The molecule has 0 aliphatic heterocycles. The molecule has 4 nitrogen and oxygen atoms in total. The van der Waals surface area contributed by atoms with Crippen LogP contribution in [0.3, 0.4) is 0 Å². The molecule has 0 unspecified atom stereocenters. The van der Waals surface area contributed by atoms with Crippen molar-refractivity contribution in [2.75, 3.05) is 12.4 Å². The van der Waals surface area contributed by atoms with Crippen LogP contribution in [0.5, 0.6) is 0 Å². The van der Waals surface area contributed by atoms with Crippen molar-refractivity contribution in [1.29, 1.82) is 0 Å². The predicted molar refractivity (Wildman–Crippen MR) is 69.0 cm³/mol. The number of hydrogen-bond acceptors (Lipinski definition) is 4. The number of hydrogen-bond donors (Lipinski definition) is 2. The molecule has 0 saturated heterocycles. The van der Waals surface area contributed by atoms with Crippen LogP contribution >= 0.6 is 11.8 Å². The number of aliphatic hydroxyl groups is 1. The van der Waals surface area contributed by atoms with Gasteiger partial charge in [0.05, 0.1) is 0 Å². The lowest BCUT2D eigenvalue weighted by Gasteiger charge is -1.96. The molecule has 90 valence electrons. The van der Waals surface area contributed by atoms with E-state index in [1.807, 2.05) is 12.1 Å². The number of benzene rings is 1. The minimum absolute atomic E-state index is 0.211. The second-order valence-electron chi connectivity index (χ2n) is 3.76. The molecule has 0 atom stereocenters.